The lowest BCUT2D eigenvalue weighted by molar-refractivity contribution is 0.490. The topological polar surface area (TPSA) is 70.0 Å². The van der Waals surface area contributed by atoms with Crippen molar-refractivity contribution in [3.05, 3.63) is 0 Å². The molecule has 0 fully saturated rings. The minimum Gasteiger partial charge on any atom is -0.212 e. The van der Waals surface area contributed by atoms with Gasteiger partial charge in [-0.1, -0.05) is 6.92 Å². The molecule has 0 aliphatic carbocycles. The molecule has 0 saturated carbocycles. The van der Waals surface area contributed by atoms with Crippen molar-refractivity contribution in [2.24, 2.45) is 0 Å². The van der Waals surface area contributed by atoms with Crippen LogP contribution in [0.2, 0.25) is 0 Å². The third-order valence-corrected chi connectivity index (χ3v) is 3.92. The summed E-state index contributed by atoms with van der Waals surface area (Å²) in [5.74, 6) is 0. The van der Waals surface area contributed by atoms with Gasteiger partial charge in [0.25, 0.3) is 0 Å². The van der Waals surface area contributed by atoms with E-state index in [0.29, 0.717) is 6.42 Å². The van der Waals surface area contributed by atoms with Gasteiger partial charge >= 0.3 is 0 Å². The van der Waals surface area contributed by atoms with Gasteiger partial charge in [0.15, 0.2) is 0 Å². The number of rotatable bonds is 4. The van der Waals surface area contributed by atoms with E-state index in [0.717, 1.165) is 0 Å². The Bertz CT molecular complexity index is 303. The average molecular weight is 204 g/mol. The van der Waals surface area contributed by atoms with Gasteiger partial charge in [0.1, 0.15) is 5.54 Å². The average Bonchev–Trinajstić information content (AvgIpc) is 2.03. The summed E-state index contributed by atoms with van der Waals surface area (Å²) in [4.78, 5) is 0. The number of sulfonamides is 1. The van der Waals surface area contributed by atoms with Crippen LogP contribution < -0.4 is 4.72 Å². The molecule has 0 aliphatic heterocycles. The molecular formula is C8H16N2O2S. The molecule has 0 saturated heterocycles. The maximum absolute atomic E-state index is 11.4. The van der Waals surface area contributed by atoms with E-state index in [-0.39, 0.29) is 0 Å². The molecule has 0 aromatic heterocycles. The highest BCUT2D eigenvalue weighted by atomic mass is 32.2. The van der Waals surface area contributed by atoms with Crippen molar-refractivity contribution in [1.82, 2.24) is 4.72 Å². The van der Waals surface area contributed by atoms with Gasteiger partial charge in [0, 0.05) is 0 Å². The molecule has 1 atom stereocenters. The number of nitriles is 1. The van der Waals surface area contributed by atoms with Crippen LogP contribution in [0.1, 0.15) is 34.1 Å². The molecule has 76 valence electrons. The van der Waals surface area contributed by atoms with Gasteiger partial charge in [-0.05, 0) is 27.2 Å². The van der Waals surface area contributed by atoms with Crippen LogP contribution >= 0.6 is 0 Å². The van der Waals surface area contributed by atoms with Crippen LogP contribution in [0.5, 0.6) is 0 Å². The van der Waals surface area contributed by atoms with Gasteiger partial charge in [-0.3, -0.25) is 0 Å². The summed E-state index contributed by atoms with van der Waals surface area (Å²) in [6.45, 7) is 6.50. The van der Waals surface area contributed by atoms with Crippen molar-refractivity contribution in [3.63, 3.8) is 0 Å². The lowest BCUT2D eigenvalue weighted by atomic mass is 10.0. The van der Waals surface area contributed by atoms with E-state index in [1.54, 1.807) is 27.7 Å². The maximum Gasteiger partial charge on any atom is 0.215 e. The van der Waals surface area contributed by atoms with Crippen molar-refractivity contribution in [2.75, 3.05) is 0 Å². The van der Waals surface area contributed by atoms with E-state index >= 15 is 0 Å². The summed E-state index contributed by atoms with van der Waals surface area (Å²) in [6.07, 6.45) is 0.454. The van der Waals surface area contributed by atoms with Crippen LogP contribution in [0.3, 0.4) is 0 Å². The van der Waals surface area contributed by atoms with Crippen LogP contribution in [0.4, 0.5) is 0 Å². The first-order chi connectivity index (χ1) is 5.77. The molecule has 0 aromatic carbocycles. The standard InChI is InChI=1S/C8H16N2O2S/c1-5-8(4,6-9)10-13(11,12)7(2)3/h7,10H,5H2,1-4H3. The van der Waals surface area contributed by atoms with Crippen LogP contribution in [-0.4, -0.2) is 19.2 Å². The zero-order valence-corrected chi connectivity index (χ0v) is 9.27. The summed E-state index contributed by atoms with van der Waals surface area (Å²) in [7, 11) is -3.35. The number of hydrogen-bond donors (Lipinski definition) is 1. The Morgan fingerprint density at radius 1 is 1.54 bits per heavy atom. The number of nitrogens with one attached hydrogen (secondary N) is 1. The van der Waals surface area contributed by atoms with Crippen molar-refractivity contribution < 1.29 is 8.42 Å². The molecule has 4 nitrogen and oxygen atoms in total. The highest BCUT2D eigenvalue weighted by Gasteiger charge is 2.29. The normalized spacial score (nSPS) is 16.6. The summed E-state index contributed by atoms with van der Waals surface area (Å²) in [5, 5.41) is 8.25. The van der Waals surface area contributed by atoms with Gasteiger partial charge in [-0.2, -0.15) is 9.98 Å². The van der Waals surface area contributed by atoms with Crippen LogP contribution in [-0.2, 0) is 10.0 Å². The van der Waals surface area contributed by atoms with Gasteiger partial charge in [0.05, 0.1) is 11.3 Å². The van der Waals surface area contributed by atoms with E-state index in [1.807, 2.05) is 6.07 Å². The molecule has 0 rings (SSSR count). The second kappa shape index (κ2) is 4.07. The predicted octanol–water partition coefficient (Wildman–Crippen LogP) is 1.01. The highest BCUT2D eigenvalue weighted by molar-refractivity contribution is 7.90. The highest BCUT2D eigenvalue weighted by Crippen LogP contribution is 2.11. The maximum atomic E-state index is 11.4. The molecule has 0 spiro atoms. The van der Waals surface area contributed by atoms with Gasteiger partial charge in [-0.15, -0.1) is 0 Å². The molecule has 0 radical (unpaired) electrons. The molecule has 1 N–H and O–H groups in total. The lowest BCUT2D eigenvalue weighted by Gasteiger charge is -2.22. The summed E-state index contributed by atoms with van der Waals surface area (Å²) >= 11 is 0. The Kier molecular flexibility index (Phi) is 3.88. The summed E-state index contributed by atoms with van der Waals surface area (Å²) in [5.41, 5.74) is -0.983. The molecule has 13 heavy (non-hydrogen) atoms. The van der Waals surface area contributed by atoms with E-state index in [1.165, 1.54) is 0 Å². The number of nitrogens with zero attached hydrogens (tertiary/aromatic N) is 1. The molecular weight excluding hydrogens is 188 g/mol. The second-order valence-electron chi connectivity index (χ2n) is 3.49. The predicted molar refractivity (Wildman–Crippen MR) is 51.5 cm³/mol. The van der Waals surface area contributed by atoms with Crippen LogP contribution in [0.25, 0.3) is 0 Å². The third kappa shape index (κ3) is 3.33. The molecule has 0 heterocycles. The summed E-state index contributed by atoms with van der Waals surface area (Å²) < 4.78 is 25.2. The smallest absolute Gasteiger partial charge is 0.212 e. The Balaban J connectivity index is 4.73. The molecule has 0 aliphatic rings. The van der Waals surface area contributed by atoms with Gasteiger partial charge < -0.3 is 0 Å². The first-order valence-electron chi connectivity index (χ1n) is 4.21. The minimum atomic E-state index is -3.35. The second-order valence-corrected chi connectivity index (χ2v) is 5.73. The van der Waals surface area contributed by atoms with Crippen molar-refractivity contribution >= 4 is 10.0 Å². The number of hydrogen-bond acceptors (Lipinski definition) is 3. The van der Waals surface area contributed by atoms with E-state index in [4.69, 9.17) is 5.26 Å². The zero-order valence-electron chi connectivity index (χ0n) is 8.46. The molecule has 0 bridgehead atoms. The lowest BCUT2D eigenvalue weighted by Crippen LogP contribution is -2.46. The molecule has 1 unspecified atom stereocenters. The van der Waals surface area contributed by atoms with E-state index in [2.05, 4.69) is 4.72 Å². The fourth-order valence-corrected chi connectivity index (χ4v) is 1.66. The Morgan fingerprint density at radius 2 is 2.00 bits per heavy atom. The first kappa shape index (κ1) is 12.4. The Labute approximate surface area is 80.0 Å². The van der Waals surface area contributed by atoms with Crippen molar-refractivity contribution in [1.29, 1.82) is 5.26 Å². The Hall–Kier alpha value is -0.600. The fraction of sp³-hybridized carbons (Fsp3) is 0.875. The molecule has 0 aromatic rings. The SMILES string of the molecule is CCC(C)(C#N)NS(=O)(=O)C(C)C. The van der Waals surface area contributed by atoms with Crippen LogP contribution in [0, 0.1) is 11.3 Å². The van der Waals surface area contributed by atoms with Gasteiger partial charge in [-0.25, -0.2) is 8.42 Å². The Morgan fingerprint density at radius 3 is 2.23 bits per heavy atom. The molecule has 0 amide bonds. The first-order valence-corrected chi connectivity index (χ1v) is 5.76. The quantitative estimate of drug-likeness (QED) is 0.743. The fourth-order valence-electron chi connectivity index (χ4n) is 0.606. The summed E-state index contributed by atoms with van der Waals surface area (Å²) in [6, 6.07) is 1.95. The minimum absolute atomic E-state index is 0.454. The van der Waals surface area contributed by atoms with Gasteiger partial charge in [0.2, 0.25) is 10.0 Å². The van der Waals surface area contributed by atoms with Crippen LogP contribution in [0.15, 0.2) is 0 Å². The monoisotopic (exact) mass is 204 g/mol. The molecule has 5 heteroatoms. The third-order valence-electron chi connectivity index (χ3n) is 1.94. The largest absolute Gasteiger partial charge is 0.215 e. The van der Waals surface area contributed by atoms with E-state index < -0.39 is 20.8 Å². The van der Waals surface area contributed by atoms with E-state index in [9.17, 15) is 8.42 Å². The van der Waals surface area contributed by atoms with Crippen molar-refractivity contribution in [2.45, 2.75) is 44.9 Å². The van der Waals surface area contributed by atoms with Crippen molar-refractivity contribution in [3.8, 4) is 6.07 Å². The zero-order chi connectivity index (χ0) is 10.7.